The fourth-order valence-corrected chi connectivity index (χ4v) is 11.4. The molecule has 2 aliphatic heterocycles. The van der Waals surface area contributed by atoms with Crippen molar-refractivity contribution in [2.24, 2.45) is 36.1 Å². The van der Waals surface area contributed by atoms with Crippen LogP contribution in [0, 0.1) is 39.6 Å². The number of aryl methyl sites for hydroxylation is 2. The standard InChI is InChI=1S/C42H36ClIN4O7S/c1-19-26-16-21(43)6-13-32(26)56-37(19)29-18-33(46(3)45-29)48-39(51)28-17-27-24(11-12-25-34(27)40(52)47(38(25)50)23-9-7-22(44)8-10-23)35(42(28,2)41(48)53)20-14-30(54-4)36(49)31(15-20)55-5/h6-11,13-16,18,25,27-28,34-35,49H,12,17H2,1-5H3/t25-,27+,28-,34-,35-,42+/m0/s1. The molecule has 3 aromatic carbocycles. The number of anilines is 2. The number of phenols is 1. The first kappa shape index (κ1) is 36.9. The van der Waals surface area contributed by atoms with Crippen molar-refractivity contribution in [2.75, 3.05) is 24.0 Å². The van der Waals surface area contributed by atoms with E-state index in [0.717, 1.165) is 29.7 Å². The zero-order valence-electron chi connectivity index (χ0n) is 31.0. The largest absolute Gasteiger partial charge is 0.502 e. The van der Waals surface area contributed by atoms with Crippen molar-refractivity contribution in [3.05, 3.63) is 92.0 Å². The average Bonchev–Trinajstić information content (AvgIpc) is 3.85. The molecule has 0 radical (unpaired) electrons. The van der Waals surface area contributed by atoms with Crippen molar-refractivity contribution >= 4 is 90.7 Å². The smallest absolute Gasteiger partial charge is 0.242 e. The van der Waals surface area contributed by atoms with Crippen LogP contribution in [0.15, 0.2) is 72.3 Å². The van der Waals surface area contributed by atoms with Gasteiger partial charge in [0.2, 0.25) is 29.4 Å². The lowest BCUT2D eigenvalue weighted by atomic mass is 9.51. The Hall–Kier alpha value is -4.73. The van der Waals surface area contributed by atoms with E-state index in [-0.39, 0.29) is 35.5 Å². The molecule has 0 spiro atoms. The van der Waals surface area contributed by atoms with E-state index < -0.39 is 46.8 Å². The predicted molar refractivity (Wildman–Crippen MR) is 221 cm³/mol. The number of thiophene rings is 1. The van der Waals surface area contributed by atoms with Crippen molar-refractivity contribution in [3.8, 4) is 27.8 Å². The summed E-state index contributed by atoms with van der Waals surface area (Å²) in [7, 11) is 4.57. The van der Waals surface area contributed by atoms with E-state index in [1.54, 1.807) is 53.4 Å². The highest BCUT2D eigenvalue weighted by molar-refractivity contribution is 14.1. The maximum Gasteiger partial charge on any atom is 0.242 e. The lowest BCUT2D eigenvalue weighted by molar-refractivity contribution is -0.131. The Balaban J connectivity index is 1.18. The zero-order valence-corrected chi connectivity index (χ0v) is 34.7. The summed E-state index contributed by atoms with van der Waals surface area (Å²) in [6, 6.07) is 18.1. The van der Waals surface area contributed by atoms with Crippen molar-refractivity contribution in [3.63, 3.8) is 0 Å². The van der Waals surface area contributed by atoms with Gasteiger partial charge in [-0.1, -0.05) is 23.3 Å². The lowest BCUT2D eigenvalue weighted by Gasteiger charge is -2.49. The Morgan fingerprint density at radius 1 is 0.929 bits per heavy atom. The third-order valence-electron chi connectivity index (χ3n) is 12.4. The zero-order chi connectivity index (χ0) is 39.5. The molecule has 3 fully saturated rings. The highest BCUT2D eigenvalue weighted by Gasteiger charge is 2.68. The van der Waals surface area contributed by atoms with Gasteiger partial charge in [-0.3, -0.25) is 28.8 Å². The average molecular weight is 903 g/mol. The van der Waals surface area contributed by atoms with Gasteiger partial charge in [0.15, 0.2) is 11.5 Å². The van der Waals surface area contributed by atoms with Gasteiger partial charge in [0.05, 0.1) is 48.0 Å². The lowest BCUT2D eigenvalue weighted by Crippen LogP contribution is -2.49. The molecule has 4 aliphatic rings. The number of benzene rings is 3. The van der Waals surface area contributed by atoms with Crippen molar-refractivity contribution < 1.29 is 33.8 Å². The van der Waals surface area contributed by atoms with Gasteiger partial charge in [0.25, 0.3) is 0 Å². The summed E-state index contributed by atoms with van der Waals surface area (Å²) in [5.41, 5.74) is 2.16. The summed E-state index contributed by atoms with van der Waals surface area (Å²) in [5.74, 6) is -4.49. The van der Waals surface area contributed by atoms with E-state index in [2.05, 4.69) is 22.6 Å². The Bertz CT molecular complexity index is 2560. The quantitative estimate of drug-likeness (QED) is 0.103. The number of aromatic hydroxyl groups is 1. The van der Waals surface area contributed by atoms with Crippen LogP contribution in [0.3, 0.4) is 0 Å². The summed E-state index contributed by atoms with van der Waals surface area (Å²) in [5, 5.41) is 17.4. The minimum atomic E-state index is -1.34. The molecule has 4 amide bonds. The molecule has 5 aromatic rings. The van der Waals surface area contributed by atoms with E-state index in [1.807, 2.05) is 50.3 Å². The molecule has 286 valence electrons. The summed E-state index contributed by atoms with van der Waals surface area (Å²) < 4.78 is 14.7. The molecule has 56 heavy (non-hydrogen) atoms. The van der Waals surface area contributed by atoms with Gasteiger partial charge in [-0.15, -0.1) is 11.3 Å². The van der Waals surface area contributed by atoms with Crippen LogP contribution in [-0.2, 0) is 26.2 Å². The SMILES string of the molecule is COc1cc([C@H]2C3=CC[C@@H]4C(=O)N(c5ccc(I)cc5)C(=O)[C@@H]4[C@@H]3C[C@H]3C(=O)N(c4cc(-c5sc6ccc(Cl)cc6c5C)nn4C)C(=O)[C@@]23C)cc(OC)c1O. The summed E-state index contributed by atoms with van der Waals surface area (Å²) in [4.78, 5) is 62.2. The number of phenolic OH excluding ortho intramolecular Hbond substituents is 1. The third-order valence-corrected chi connectivity index (χ3v) is 14.7. The Morgan fingerprint density at radius 3 is 2.30 bits per heavy atom. The number of hydrogen-bond acceptors (Lipinski definition) is 9. The molecule has 14 heteroatoms. The van der Waals surface area contributed by atoms with Crippen molar-refractivity contribution in [2.45, 2.75) is 32.6 Å². The molecule has 1 N–H and O–H groups in total. The van der Waals surface area contributed by atoms with Crippen LogP contribution < -0.4 is 19.3 Å². The summed E-state index contributed by atoms with van der Waals surface area (Å²) in [6.07, 6.45) is 2.47. The number of amides is 4. The molecule has 1 saturated carbocycles. The Morgan fingerprint density at radius 2 is 1.62 bits per heavy atom. The molecular formula is C42H36ClIN4O7S. The number of ether oxygens (including phenoxy) is 2. The molecule has 2 aliphatic carbocycles. The fraction of sp³-hybridized carbons (Fsp3) is 0.310. The number of methoxy groups -OCH3 is 2. The summed E-state index contributed by atoms with van der Waals surface area (Å²) >= 11 is 10.1. The molecule has 4 heterocycles. The monoisotopic (exact) mass is 902 g/mol. The van der Waals surface area contributed by atoms with Crippen LogP contribution >= 0.6 is 45.5 Å². The number of aromatic nitrogens is 2. The third kappa shape index (κ3) is 5.15. The van der Waals surface area contributed by atoms with Gasteiger partial charge in [0, 0.05) is 32.3 Å². The van der Waals surface area contributed by atoms with Crippen LogP contribution in [0.1, 0.15) is 36.8 Å². The number of carbonyl (C=O) groups excluding carboxylic acids is 4. The molecule has 2 aromatic heterocycles. The highest BCUT2D eigenvalue weighted by Crippen LogP contribution is 2.64. The number of fused-ring (bicyclic) bond motifs is 5. The first-order valence-corrected chi connectivity index (χ1v) is 20.4. The normalized spacial score (nSPS) is 25.8. The number of nitrogens with zero attached hydrogens (tertiary/aromatic N) is 4. The van der Waals surface area contributed by atoms with Crippen molar-refractivity contribution in [1.82, 2.24) is 9.78 Å². The van der Waals surface area contributed by atoms with E-state index in [1.165, 1.54) is 24.0 Å². The molecular weight excluding hydrogens is 867 g/mol. The van der Waals surface area contributed by atoms with Gasteiger partial charge < -0.3 is 14.6 Å². The molecule has 11 nitrogen and oxygen atoms in total. The van der Waals surface area contributed by atoms with Crippen LogP contribution in [0.4, 0.5) is 11.5 Å². The van der Waals surface area contributed by atoms with Gasteiger partial charge in [-0.25, -0.2) is 4.90 Å². The van der Waals surface area contributed by atoms with E-state index >= 15 is 4.79 Å². The molecule has 0 unspecified atom stereocenters. The van der Waals surface area contributed by atoms with Crippen LogP contribution in [0.25, 0.3) is 20.7 Å². The van der Waals surface area contributed by atoms with Crippen LogP contribution in [0.5, 0.6) is 17.2 Å². The predicted octanol–water partition coefficient (Wildman–Crippen LogP) is 8.03. The minimum Gasteiger partial charge on any atom is -0.502 e. The number of hydrogen-bond donors (Lipinski definition) is 1. The van der Waals surface area contributed by atoms with Crippen LogP contribution in [0.2, 0.25) is 5.02 Å². The van der Waals surface area contributed by atoms with Crippen LogP contribution in [-0.4, -0.2) is 52.7 Å². The van der Waals surface area contributed by atoms with Gasteiger partial charge in [-0.2, -0.15) is 5.10 Å². The maximum absolute atomic E-state index is 15.2. The highest BCUT2D eigenvalue weighted by atomic mass is 127. The Kier molecular flexibility index (Phi) is 8.67. The second kappa shape index (κ2) is 13.2. The molecule has 6 atom stereocenters. The molecule has 0 bridgehead atoms. The first-order valence-electron chi connectivity index (χ1n) is 18.2. The number of rotatable bonds is 6. The summed E-state index contributed by atoms with van der Waals surface area (Å²) in [6.45, 7) is 3.82. The maximum atomic E-state index is 15.2. The van der Waals surface area contributed by atoms with E-state index in [9.17, 15) is 19.5 Å². The van der Waals surface area contributed by atoms with Gasteiger partial charge >= 0.3 is 0 Å². The van der Waals surface area contributed by atoms with Gasteiger partial charge in [0.1, 0.15) is 11.5 Å². The number of imide groups is 2. The number of allylic oxidation sites excluding steroid dienone is 2. The Labute approximate surface area is 345 Å². The second-order valence-electron chi connectivity index (χ2n) is 15.1. The second-order valence-corrected chi connectivity index (χ2v) is 17.9. The molecule has 2 saturated heterocycles. The van der Waals surface area contributed by atoms with Crippen molar-refractivity contribution in [1.29, 1.82) is 0 Å². The fourth-order valence-electron chi connectivity index (χ4n) is 9.75. The topological polar surface area (TPSA) is 131 Å². The minimum absolute atomic E-state index is 0.137. The number of halogens is 2. The van der Waals surface area contributed by atoms with Gasteiger partial charge in [-0.05, 0) is 126 Å². The first-order chi connectivity index (χ1) is 26.8. The number of carbonyl (C=O) groups is 4. The van der Waals surface area contributed by atoms with E-state index in [4.69, 9.17) is 26.2 Å². The molecule has 9 rings (SSSR count). The van der Waals surface area contributed by atoms with E-state index in [0.29, 0.717) is 34.2 Å².